The van der Waals surface area contributed by atoms with E-state index in [1.54, 1.807) is 0 Å². The van der Waals surface area contributed by atoms with Crippen LogP contribution in [0.15, 0.2) is 58.7 Å². The van der Waals surface area contributed by atoms with Gasteiger partial charge in [-0.2, -0.15) is 0 Å². The molecule has 1 rings (SSSR count). The Hall–Kier alpha value is -1.30. The molecule has 0 aliphatic heterocycles. The Labute approximate surface area is 106 Å². The van der Waals surface area contributed by atoms with Crippen molar-refractivity contribution in [2.75, 3.05) is 0 Å². The lowest BCUT2D eigenvalue weighted by Crippen LogP contribution is -2.03. The van der Waals surface area contributed by atoms with Crippen LogP contribution in [-0.4, -0.2) is 0 Å². The number of hydrogen-bond acceptors (Lipinski definition) is 0. The standard InChI is InChI=1S/C17H24/c1-7-11-16-13(6)17(12(5)8-2)15(10-4)14(16)9-3/h7-9,11,15H,3,10H2,1-2,4-6H3/b11-7-,12-8-. The lowest BCUT2D eigenvalue weighted by Gasteiger charge is -2.16. The third kappa shape index (κ3) is 2.36. The summed E-state index contributed by atoms with van der Waals surface area (Å²) >= 11 is 0. The number of rotatable bonds is 4. The first-order valence-electron chi connectivity index (χ1n) is 6.46. The van der Waals surface area contributed by atoms with Gasteiger partial charge in [-0.05, 0) is 56.4 Å². The Balaban J connectivity index is 3.40. The first-order valence-corrected chi connectivity index (χ1v) is 6.46. The van der Waals surface area contributed by atoms with Crippen molar-refractivity contribution >= 4 is 0 Å². The van der Waals surface area contributed by atoms with Gasteiger partial charge in [0.05, 0.1) is 0 Å². The maximum Gasteiger partial charge on any atom is 0.00978 e. The highest BCUT2D eigenvalue weighted by molar-refractivity contribution is 5.61. The van der Waals surface area contributed by atoms with E-state index in [9.17, 15) is 0 Å². The third-order valence-electron chi connectivity index (χ3n) is 3.66. The average Bonchev–Trinajstić information content (AvgIpc) is 2.61. The molecule has 0 aromatic heterocycles. The summed E-state index contributed by atoms with van der Waals surface area (Å²) < 4.78 is 0. The summed E-state index contributed by atoms with van der Waals surface area (Å²) in [7, 11) is 0. The first-order chi connectivity index (χ1) is 8.12. The molecule has 1 unspecified atom stereocenters. The fourth-order valence-electron chi connectivity index (χ4n) is 2.76. The van der Waals surface area contributed by atoms with Gasteiger partial charge in [-0.15, -0.1) is 0 Å². The van der Waals surface area contributed by atoms with Gasteiger partial charge in [0.1, 0.15) is 0 Å². The van der Waals surface area contributed by atoms with Gasteiger partial charge in [-0.25, -0.2) is 0 Å². The SMILES string of the molecule is C=CC1=C(/C=C\C)C(C)=C(/C(C)=C\C)C1CC. The van der Waals surface area contributed by atoms with Gasteiger partial charge in [0.25, 0.3) is 0 Å². The van der Waals surface area contributed by atoms with Crippen LogP contribution in [0.1, 0.15) is 41.0 Å². The van der Waals surface area contributed by atoms with Crippen LogP contribution in [0, 0.1) is 5.92 Å². The molecule has 0 aromatic carbocycles. The molecular formula is C17H24. The fraction of sp³-hybridized carbons (Fsp3) is 0.412. The highest BCUT2D eigenvalue weighted by atomic mass is 14.3. The first kappa shape index (κ1) is 13.8. The molecule has 1 aliphatic carbocycles. The van der Waals surface area contributed by atoms with Crippen molar-refractivity contribution in [2.24, 2.45) is 5.92 Å². The topological polar surface area (TPSA) is 0 Å². The van der Waals surface area contributed by atoms with Crippen molar-refractivity contribution in [2.45, 2.75) is 41.0 Å². The van der Waals surface area contributed by atoms with E-state index in [0.717, 1.165) is 6.42 Å². The Bertz CT molecular complexity index is 425. The van der Waals surface area contributed by atoms with Gasteiger partial charge in [0.15, 0.2) is 0 Å². The van der Waals surface area contributed by atoms with Crippen LogP contribution in [-0.2, 0) is 0 Å². The Kier molecular flexibility index (Phi) is 4.74. The largest absolute Gasteiger partial charge is 0.0987 e. The molecule has 17 heavy (non-hydrogen) atoms. The van der Waals surface area contributed by atoms with Crippen molar-refractivity contribution in [1.82, 2.24) is 0 Å². The highest BCUT2D eigenvalue weighted by Gasteiger charge is 2.28. The van der Waals surface area contributed by atoms with Gasteiger partial charge < -0.3 is 0 Å². The van der Waals surface area contributed by atoms with E-state index < -0.39 is 0 Å². The second-order valence-electron chi connectivity index (χ2n) is 4.54. The summed E-state index contributed by atoms with van der Waals surface area (Å²) in [5.74, 6) is 0.523. The van der Waals surface area contributed by atoms with E-state index in [0.29, 0.717) is 5.92 Å². The third-order valence-corrected chi connectivity index (χ3v) is 3.66. The minimum Gasteiger partial charge on any atom is -0.0987 e. The Morgan fingerprint density at radius 1 is 1.35 bits per heavy atom. The molecule has 1 aliphatic rings. The predicted octanol–water partition coefficient (Wildman–Crippen LogP) is 5.37. The van der Waals surface area contributed by atoms with Gasteiger partial charge in [-0.1, -0.05) is 43.4 Å². The molecule has 0 saturated carbocycles. The lowest BCUT2D eigenvalue weighted by molar-refractivity contribution is 0.715. The van der Waals surface area contributed by atoms with Gasteiger partial charge >= 0.3 is 0 Å². The van der Waals surface area contributed by atoms with E-state index in [1.165, 1.54) is 27.9 Å². The zero-order valence-corrected chi connectivity index (χ0v) is 11.8. The summed E-state index contributed by atoms with van der Waals surface area (Å²) in [4.78, 5) is 0. The summed E-state index contributed by atoms with van der Waals surface area (Å²) in [6.07, 6.45) is 9.71. The molecule has 0 fully saturated rings. The zero-order valence-electron chi connectivity index (χ0n) is 11.8. The van der Waals surface area contributed by atoms with Crippen molar-refractivity contribution < 1.29 is 0 Å². The van der Waals surface area contributed by atoms with Gasteiger partial charge in [-0.3, -0.25) is 0 Å². The second-order valence-corrected chi connectivity index (χ2v) is 4.54. The molecule has 0 radical (unpaired) electrons. The van der Waals surface area contributed by atoms with Gasteiger partial charge in [0.2, 0.25) is 0 Å². The molecule has 0 N–H and O–H groups in total. The van der Waals surface area contributed by atoms with Crippen LogP contribution < -0.4 is 0 Å². The van der Waals surface area contributed by atoms with E-state index in [1.807, 2.05) is 6.08 Å². The minimum atomic E-state index is 0.523. The van der Waals surface area contributed by atoms with Crippen LogP contribution in [0.4, 0.5) is 0 Å². The van der Waals surface area contributed by atoms with Crippen LogP contribution in [0.2, 0.25) is 0 Å². The van der Waals surface area contributed by atoms with Crippen molar-refractivity contribution in [3.05, 3.63) is 58.7 Å². The fourth-order valence-corrected chi connectivity index (χ4v) is 2.76. The van der Waals surface area contributed by atoms with Crippen molar-refractivity contribution in [1.29, 1.82) is 0 Å². The molecule has 0 heterocycles. The molecule has 0 heteroatoms. The smallest absolute Gasteiger partial charge is 0.00978 e. The molecule has 0 spiro atoms. The summed E-state index contributed by atoms with van der Waals surface area (Å²) in [6.45, 7) is 14.9. The van der Waals surface area contributed by atoms with Crippen LogP contribution in [0.5, 0.6) is 0 Å². The normalized spacial score (nSPS) is 21.9. The van der Waals surface area contributed by atoms with Crippen LogP contribution in [0.3, 0.4) is 0 Å². The van der Waals surface area contributed by atoms with E-state index >= 15 is 0 Å². The lowest BCUT2D eigenvalue weighted by atomic mass is 9.88. The molecule has 92 valence electrons. The predicted molar refractivity (Wildman–Crippen MR) is 77.9 cm³/mol. The number of allylic oxidation sites excluding steroid dienone is 9. The molecule has 1 atom stereocenters. The molecule has 0 aromatic rings. The van der Waals surface area contributed by atoms with E-state index in [-0.39, 0.29) is 0 Å². The molecular weight excluding hydrogens is 204 g/mol. The second kappa shape index (κ2) is 5.86. The summed E-state index contributed by atoms with van der Waals surface area (Å²) in [5.41, 5.74) is 7.07. The van der Waals surface area contributed by atoms with Gasteiger partial charge in [0, 0.05) is 5.92 Å². The maximum atomic E-state index is 3.99. The molecule has 0 nitrogen and oxygen atoms in total. The average molecular weight is 228 g/mol. The quantitative estimate of drug-likeness (QED) is 0.607. The van der Waals surface area contributed by atoms with Crippen LogP contribution >= 0.6 is 0 Å². The number of hydrogen-bond donors (Lipinski definition) is 0. The molecule has 0 bridgehead atoms. The zero-order chi connectivity index (χ0) is 13.0. The van der Waals surface area contributed by atoms with E-state index in [2.05, 4.69) is 59.4 Å². The van der Waals surface area contributed by atoms with Crippen molar-refractivity contribution in [3.8, 4) is 0 Å². The molecule has 0 saturated heterocycles. The maximum absolute atomic E-state index is 3.99. The Morgan fingerprint density at radius 2 is 2.00 bits per heavy atom. The summed E-state index contributed by atoms with van der Waals surface area (Å²) in [6, 6.07) is 0. The minimum absolute atomic E-state index is 0.523. The van der Waals surface area contributed by atoms with E-state index in [4.69, 9.17) is 0 Å². The Morgan fingerprint density at radius 3 is 2.41 bits per heavy atom. The van der Waals surface area contributed by atoms with Crippen molar-refractivity contribution in [3.63, 3.8) is 0 Å². The molecule has 0 amide bonds. The highest BCUT2D eigenvalue weighted by Crippen LogP contribution is 2.43. The van der Waals surface area contributed by atoms with Crippen LogP contribution in [0.25, 0.3) is 0 Å². The monoisotopic (exact) mass is 228 g/mol. The summed E-state index contributed by atoms with van der Waals surface area (Å²) in [5, 5.41) is 0.